The molecule has 122 valence electrons. The molecule has 3 rings (SSSR count). The van der Waals surface area contributed by atoms with E-state index in [0.29, 0.717) is 24.6 Å². The van der Waals surface area contributed by atoms with Crippen LogP contribution in [-0.2, 0) is 6.42 Å². The summed E-state index contributed by atoms with van der Waals surface area (Å²) in [6.45, 7) is 3.18. The largest absolute Gasteiger partial charge is 0.459 e. The molecule has 0 bridgehead atoms. The maximum atomic E-state index is 12.2. The van der Waals surface area contributed by atoms with E-state index in [0.717, 1.165) is 25.0 Å². The number of likely N-dealkylation sites (tertiary alicyclic amines) is 1. The predicted octanol–water partition coefficient (Wildman–Crippen LogP) is 2.47. The van der Waals surface area contributed by atoms with Crippen molar-refractivity contribution in [3.63, 3.8) is 0 Å². The van der Waals surface area contributed by atoms with Gasteiger partial charge in [-0.2, -0.15) is 0 Å². The van der Waals surface area contributed by atoms with Gasteiger partial charge in [-0.1, -0.05) is 6.92 Å². The molecule has 1 N–H and O–H groups in total. The highest BCUT2D eigenvalue weighted by Gasteiger charge is 2.26. The quantitative estimate of drug-likeness (QED) is 0.940. The van der Waals surface area contributed by atoms with Crippen LogP contribution in [-0.4, -0.2) is 35.8 Å². The molecule has 0 aliphatic carbocycles. The standard InChI is InChI=1S/C17H20N2O4/c1-2-13-5-6-14(23-13)16(20)18-12-7-9-19(10-8-12)17(21)15-4-3-11-22-15/h3-6,11-12H,2,7-10H2,1H3,(H,18,20). The van der Waals surface area contributed by atoms with Crippen LogP contribution >= 0.6 is 0 Å². The van der Waals surface area contributed by atoms with Crippen LogP contribution in [0, 0.1) is 0 Å². The lowest BCUT2D eigenvalue weighted by Crippen LogP contribution is -2.46. The third-order valence-corrected chi connectivity index (χ3v) is 4.08. The molecular formula is C17H20N2O4. The molecule has 0 spiro atoms. The number of carbonyl (C=O) groups is 2. The van der Waals surface area contributed by atoms with Crippen molar-refractivity contribution in [2.45, 2.75) is 32.2 Å². The lowest BCUT2D eigenvalue weighted by Gasteiger charge is -2.31. The average molecular weight is 316 g/mol. The fraction of sp³-hybridized carbons (Fsp3) is 0.412. The van der Waals surface area contributed by atoms with Crippen LogP contribution in [0.2, 0.25) is 0 Å². The first-order chi connectivity index (χ1) is 11.2. The molecule has 0 saturated carbocycles. The molecule has 1 fully saturated rings. The molecule has 6 nitrogen and oxygen atoms in total. The van der Waals surface area contributed by atoms with Crippen LogP contribution < -0.4 is 5.32 Å². The van der Waals surface area contributed by atoms with E-state index >= 15 is 0 Å². The van der Waals surface area contributed by atoms with Crippen LogP contribution in [0.1, 0.15) is 46.6 Å². The Morgan fingerprint density at radius 1 is 1.22 bits per heavy atom. The van der Waals surface area contributed by atoms with E-state index in [2.05, 4.69) is 5.32 Å². The zero-order valence-corrected chi connectivity index (χ0v) is 13.1. The smallest absolute Gasteiger partial charge is 0.289 e. The van der Waals surface area contributed by atoms with Crippen LogP contribution in [0.4, 0.5) is 0 Å². The molecular weight excluding hydrogens is 296 g/mol. The van der Waals surface area contributed by atoms with Gasteiger partial charge in [-0.15, -0.1) is 0 Å². The SMILES string of the molecule is CCc1ccc(C(=O)NC2CCN(C(=O)c3ccco3)CC2)o1. The number of hydrogen-bond acceptors (Lipinski definition) is 4. The van der Waals surface area contributed by atoms with Gasteiger partial charge in [0.15, 0.2) is 11.5 Å². The van der Waals surface area contributed by atoms with Crippen molar-refractivity contribution in [3.8, 4) is 0 Å². The van der Waals surface area contributed by atoms with E-state index in [9.17, 15) is 9.59 Å². The Hall–Kier alpha value is -2.50. The third-order valence-electron chi connectivity index (χ3n) is 4.08. The molecule has 2 amide bonds. The summed E-state index contributed by atoms with van der Waals surface area (Å²) < 4.78 is 10.6. The maximum absolute atomic E-state index is 12.2. The summed E-state index contributed by atoms with van der Waals surface area (Å²) in [4.78, 5) is 26.1. The number of aryl methyl sites for hydroxylation is 1. The topological polar surface area (TPSA) is 75.7 Å². The average Bonchev–Trinajstić information content (AvgIpc) is 3.26. The van der Waals surface area contributed by atoms with E-state index in [-0.39, 0.29) is 17.9 Å². The Morgan fingerprint density at radius 3 is 2.61 bits per heavy atom. The molecule has 3 heterocycles. The van der Waals surface area contributed by atoms with Gasteiger partial charge < -0.3 is 19.1 Å². The number of rotatable bonds is 4. The number of amides is 2. The third kappa shape index (κ3) is 3.47. The highest BCUT2D eigenvalue weighted by atomic mass is 16.4. The molecule has 0 atom stereocenters. The Labute approximate surface area is 134 Å². The van der Waals surface area contributed by atoms with Crippen molar-refractivity contribution >= 4 is 11.8 Å². The van der Waals surface area contributed by atoms with Gasteiger partial charge in [0.25, 0.3) is 11.8 Å². The fourth-order valence-electron chi connectivity index (χ4n) is 2.73. The Bertz CT molecular complexity index is 667. The Balaban J connectivity index is 1.51. The molecule has 6 heteroatoms. The summed E-state index contributed by atoms with van der Waals surface area (Å²) in [5, 5.41) is 2.97. The number of nitrogens with one attached hydrogen (secondary N) is 1. The predicted molar refractivity (Wildman–Crippen MR) is 83.2 cm³/mol. The van der Waals surface area contributed by atoms with E-state index in [1.807, 2.05) is 13.0 Å². The zero-order valence-electron chi connectivity index (χ0n) is 13.1. The molecule has 1 aliphatic rings. The molecule has 0 unspecified atom stereocenters. The number of piperidine rings is 1. The normalized spacial score (nSPS) is 15.6. The van der Waals surface area contributed by atoms with Crippen molar-refractivity contribution in [2.24, 2.45) is 0 Å². The number of hydrogen-bond donors (Lipinski definition) is 1. The summed E-state index contributed by atoms with van der Waals surface area (Å²) in [6, 6.07) is 6.94. The zero-order chi connectivity index (χ0) is 16.2. The van der Waals surface area contributed by atoms with Crippen molar-refractivity contribution < 1.29 is 18.4 Å². The van der Waals surface area contributed by atoms with Gasteiger partial charge >= 0.3 is 0 Å². The van der Waals surface area contributed by atoms with Gasteiger partial charge in [0, 0.05) is 25.6 Å². The van der Waals surface area contributed by atoms with Crippen LogP contribution in [0.3, 0.4) is 0 Å². The molecule has 23 heavy (non-hydrogen) atoms. The van der Waals surface area contributed by atoms with Crippen molar-refractivity contribution in [1.29, 1.82) is 0 Å². The second kappa shape index (κ2) is 6.73. The lowest BCUT2D eigenvalue weighted by atomic mass is 10.0. The molecule has 1 saturated heterocycles. The van der Waals surface area contributed by atoms with Gasteiger partial charge in [-0.05, 0) is 37.1 Å². The minimum atomic E-state index is -0.194. The monoisotopic (exact) mass is 316 g/mol. The van der Waals surface area contributed by atoms with Gasteiger partial charge in [0.1, 0.15) is 5.76 Å². The molecule has 1 aliphatic heterocycles. The van der Waals surface area contributed by atoms with E-state index in [4.69, 9.17) is 8.83 Å². The maximum Gasteiger partial charge on any atom is 0.289 e. The molecule has 0 aromatic carbocycles. The minimum Gasteiger partial charge on any atom is -0.459 e. The first-order valence-corrected chi connectivity index (χ1v) is 7.89. The molecule has 2 aromatic rings. The second-order valence-corrected chi connectivity index (χ2v) is 5.64. The minimum absolute atomic E-state index is 0.0540. The number of carbonyl (C=O) groups excluding carboxylic acids is 2. The summed E-state index contributed by atoms with van der Waals surface area (Å²) in [7, 11) is 0. The van der Waals surface area contributed by atoms with Crippen molar-refractivity contribution in [3.05, 3.63) is 47.8 Å². The molecule has 0 radical (unpaired) electrons. The summed E-state index contributed by atoms with van der Waals surface area (Å²) in [6.07, 6.45) is 3.70. The summed E-state index contributed by atoms with van der Waals surface area (Å²) >= 11 is 0. The van der Waals surface area contributed by atoms with E-state index in [1.165, 1.54) is 6.26 Å². The Morgan fingerprint density at radius 2 is 2.00 bits per heavy atom. The van der Waals surface area contributed by atoms with Crippen LogP contribution in [0.5, 0.6) is 0 Å². The second-order valence-electron chi connectivity index (χ2n) is 5.64. The van der Waals surface area contributed by atoms with Crippen molar-refractivity contribution in [1.82, 2.24) is 10.2 Å². The molecule has 2 aromatic heterocycles. The first kappa shape index (κ1) is 15.4. The highest BCUT2D eigenvalue weighted by molar-refractivity contribution is 5.92. The van der Waals surface area contributed by atoms with E-state index in [1.54, 1.807) is 23.1 Å². The number of nitrogens with zero attached hydrogens (tertiary/aromatic N) is 1. The van der Waals surface area contributed by atoms with Crippen LogP contribution in [0.15, 0.2) is 39.4 Å². The van der Waals surface area contributed by atoms with Crippen LogP contribution in [0.25, 0.3) is 0 Å². The summed E-state index contributed by atoms with van der Waals surface area (Å²) in [5.41, 5.74) is 0. The highest BCUT2D eigenvalue weighted by Crippen LogP contribution is 2.15. The van der Waals surface area contributed by atoms with E-state index < -0.39 is 0 Å². The first-order valence-electron chi connectivity index (χ1n) is 7.89. The van der Waals surface area contributed by atoms with Gasteiger partial charge in [0.2, 0.25) is 0 Å². The van der Waals surface area contributed by atoms with Gasteiger partial charge in [-0.25, -0.2) is 0 Å². The van der Waals surface area contributed by atoms with Gasteiger partial charge in [0.05, 0.1) is 6.26 Å². The lowest BCUT2D eigenvalue weighted by molar-refractivity contribution is 0.0665. The number of furan rings is 2. The van der Waals surface area contributed by atoms with Crippen molar-refractivity contribution in [2.75, 3.05) is 13.1 Å². The fourth-order valence-corrected chi connectivity index (χ4v) is 2.73. The van der Waals surface area contributed by atoms with Gasteiger partial charge in [-0.3, -0.25) is 9.59 Å². The Kier molecular flexibility index (Phi) is 4.50. The summed E-state index contributed by atoms with van der Waals surface area (Å²) in [5.74, 6) is 1.21.